The molecule has 7 nitrogen and oxygen atoms in total. The summed E-state index contributed by atoms with van der Waals surface area (Å²) in [6.45, 7) is 4.75. The highest BCUT2D eigenvalue weighted by Crippen LogP contribution is 2.29. The van der Waals surface area contributed by atoms with Crippen LogP contribution >= 0.6 is 23.3 Å². The Morgan fingerprint density at radius 1 is 1.24 bits per heavy atom. The van der Waals surface area contributed by atoms with Crippen molar-refractivity contribution in [2.75, 3.05) is 7.11 Å². The standard InChI is InChI=1S/C16H17N5O2S2/c1-4-21-14(13-10(2)17-20-25-13)18-19-16(21)24-9-11-5-7-12(8-6-11)15(22)23-3/h5-8H,4,9H2,1-3H3. The highest BCUT2D eigenvalue weighted by Gasteiger charge is 2.17. The number of nitrogens with zero attached hydrogens (tertiary/aromatic N) is 5. The molecule has 3 aromatic rings. The molecule has 0 atom stereocenters. The lowest BCUT2D eigenvalue weighted by Gasteiger charge is -2.06. The third kappa shape index (κ3) is 3.72. The van der Waals surface area contributed by atoms with Crippen LogP contribution in [-0.4, -0.2) is 37.4 Å². The third-order valence-corrected chi connectivity index (χ3v) is 5.49. The molecule has 25 heavy (non-hydrogen) atoms. The van der Waals surface area contributed by atoms with E-state index in [1.54, 1.807) is 23.9 Å². The van der Waals surface area contributed by atoms with E-state index in [4.69, 9.17) is 4.74 Å². The predicted octanol–water partition coefficient (Wildman–Crippen LogP) is 3.20. The number of thioether (sulfide) groups is 1. The van der Waals surface area contributed by atoms with Crippen LogP contribution in [0.2, 0.25) is 0 Å². The van der Waals surface area contributed by atoms with Gasteiger partial charge in [0.1, 0.15) is 4.88 Å². The molecule has 0 fully saturated rings. The number of ether oxygens (including phenoxy) is 1. The number of benzene rings is 1. The Kier molecular flexibility index (Phi) is 5.44. The zero-order chi connectivity index (χ0) is 17.8. The maximum atomic E-state index is 11.5. The van der Waals surface area contributed by atoms with Crippen LogP contribution < -0.4 is 0 Å². The molecule has 130 valence electrons. The lowest BCUT2D eigenvalue weighted by Crippen LogP contribution is -2.01. The molecule has 0 aliphatic heterocycles. The van der Waals surface area contributed by atoms with Crippen molar-refractivity contribution >= 4 is 29.3 Å². The zero-order valence-electron chi connectivity index (χ0n) is 14.1. The molecule has 0 radical (unpaired) electrons. The first kappa shape index (κ1) is 17.6. The molecule has 0 saturated heterocycles. The van der Waals surface area contributed by atoms with Crippen molar-refractivity contribution in [1.82, 2.24) is 24.4 Å². The fraction of sp³-hybridized carbons (Fsp3) is 0.312. The number of aromatic nitrogens is 5. The first-order valence-corrected chi connectivity index (χ1v) is 9.42. The Morgan fingerprint density at radius 2 is 2.00 bits per heavy atom. The quantitative estimate of drug-likeness (QED) is 0.483. The lowest BCUT2D eigenvalue weighted by atomic mass is 10.1. The fourth-order valence-electron chi connectivity index (χ4n) is 2.29. The average molecular weight is 375 g/mol. The maximum absolute atomic E-state index is 11.5. The smallest absolute Gasteiger partial charge is 0.337 e. The number of carbonyl (C=O) groups excluding carboxylic acids is 1. The van der Waals surface area contributed by atoms with E-state index in [-0.39, 0.29) is 5.97 Å². The van der Waals surface area contributed by atoms with Gasteiger partial charge in [-0.1, -0.05) is 28.4 Å². The van der Waals surface area contributed by atoms with Gasteiger partial charge in [0.05, 0.1) is 18.4 Å². The second-order valence-electron chi connectivity index (χ2n) is 5.22. The Bertz CT molecular complexity index is 873. The van der Waals surface area contributed by atoms with Crippen molar-refractivity contribution in [2.24, 2.45) is 0 Å². The molecule has 0 aliphatic rings. The van der Waals surface area contributed by atoms with Crippen LogP contribution in [0.4, 0.5) is 0 Å². The number of esters is 1. The Hall–Kier alpha value is -2.26. The van der Waals surface area contributed by atoms with Gasteiger partial charge >= 0.3 is 5.97 Å². The van der Waals surface area contributed by atoms with Crippen molar-refractivity contribution in [3.8, 4) is 10.7 Å². The first-order valence-electron chi connectivity index (χ1n) is 7.66. The number of carbonyl (C=O) groups is 1. The topological polar surface area (TPSA) is 82.8 Å². The van der Waals surface area contributed by atoms with Crippen LogP contribution in [0.3, 0.4) is 0 Å². The molecule has 1 aromatic carbocycles. The number of aryl methyl sites for hydroxylation is 1. The minimum Gasteiger partial charge on any atom is -0.465 e. The summed E-state index contributed by atoms with van der Waals surface area (Å²) in [5.41, 5.74) is 2.51. The van der Waals surface area contributed by atoms with Crippen LogP contribution in [-0.2, 0) is 17.0 Å². The molecule has 0 unspecified atom stereocenters. The Balaban J connectivity index is 1.74. The molecule has 2 aromatic heterocycles. The number of hydrogen-bond donors (Lipinski definition) is 0. The molecule has 0 spiro atoms. The molecule has 0 amide bonds. The summed E-state index contributed by atoms with van der Waals surface area (Å²) in [6, 6.07) is 7.38. The van der Waals surface area contributed by atoms with Crippen LogP contribution in [0.15, 0.2) is 29.4 Å². The van der Waals surface area contributed by atoms with E-state index in [0.29, 0.717) is 5.56 Å². The largest absolute Gasteiger partial charge is 0.465 e. The number of rotatable bonds is 6. The van der Waals surface area contributed by atoms with Crippen LogP contribution in [0, 0.1) is 6.92 Å². The van der Waals surface area contributed by atoms with Gasteiger partial charge in [-0.15, -0.1) is 15.3 Å². The van der Waals surface area contributed by atoms with Crippen molar-refractivity contribution in [3.63, 3.8) is 0 Å². The Labute approximate surface area is 153 Å². The average Bonchev–Trinajstić information content (AvgIpc) is 3.24. The second-order valence-corrected chi connectivity index (χ2v) is 6.91. The van der Waals surface area contributed by atoms with Gasteiger partial charge in [-0.3, -0.25) is 0 Å². The summed E-state index contributed by atoms with van der Waals surface area (Å²) in [4.78, 5) is 12.4. The van der Waals surface area contributed by atoms with Crippen molar-refractivity contribution in [3.05, 3.63) is 41.1 Å². The lowest BCUT2D eigenvalue weighted by molar-refractivity contribution is 0.0600. The maximum Gasteiger partial charge on any atom is 0.337 e. The molecule has 3 rings (SSSR count). The summed E-state index contributed by atoms with van der Waals surface area (Å²) in [5.74, 6) is 1.21. The van der Waals surface area contributed by atoms with Crippen LogP contribution in [0.25, 0.3) is 10.7 Å². The van der Waals surface area contributed by atoms with E-state index in [1.165, 1.54) is 18.6 Å². The fourth-order valence-corrected chi connectivity index (χ4v) is 3.90. The van der Waals surface area contributed by atoms with Crippen molar-refractivity contribution in [2.45, 2.75) is 31.3 Å². The number of hydrogen-bond acceptors (Lipinski definition) is 8. The zero-order valence-corrected chi connectivity index (χ0v) is 15.7. The highest BCUT2D eigenvalue weighted by atomic mass is 32.2. The molecule has 0 saturated carbocycles. The van der Waals surface area contributed by atoms with Gasteiger partial charge in [-0.25, -0.2) is 4.79 Å². The third-order valence-electron chi connectivity index (χ3n) is 3.63. The summed E-state index contributed by atoms with van der Waals surface area (Å²) in [7, 11) is 1.38. The number of methoxy groups -OCH3 is 1. The van der Waals surface area contributed by atoms with Gasteiger partial charge in [0, 0.05) is 12.3 Å². The molecule has 0 aliphatic carbocycles. The predicted molar refractivity (Wildman–Crippen MR) is 96.7 cm³/mol. The van der Waals surface area contributed by atoms with Crippen LogP contribution in [0.5, 0.6) is 0 Å². The molecule has 0 N–H and O–H groups in total. The van der Waals surface area contributed by atoms with E-state index in [2.05, 4.69) is 31.3 Å². The summed E-state index contributed by atoms with van der Waals surface area (Å²) < 4.78 is 10.7. The molecular weight excluding hydrogens is 358 g/mol. The molecular formula is C16H17N5O2S2. The minimum absolute atomic E-state index is 0.330. The second kappa shape index (κ2) is 7.75. The monoisotopic (exact) mass is 375 g/mol. The normalized spacial score (nSPS) is 10.8. The van der Waals surface area contributed by atoms with E-state index in [0.717, 1.165) is 39.4 Å². The summed E-state index contributed by atoms with van der Waals surface area (Å²) in [6.07, 6.45) is 0. The van der Waals surface area contributed by atoms with Crippen LogP contribution in [0.1, 0.15) is 28.5 Å². The Morgan fingerprint density at radius 3 is 2.60 bits per heavy atom. The molecule has 0 bridgehead atoms. The summed E-state index contributed by atoms with van der Waals surface area (Å²) in [5, 5.41) is 13.5. The molecule has 2 heterocycles. The van der Waals surface area contributed by atoms with Gasteiger partial charge in [0.15, 0.2) is 11.0 Å². The molecule has 9 heteroatoms. The first-order chi connectivity index (χ1) is 12.1. The van der Waals surface area contributed by atoms with Crippen molar-refractivity contribution < 1.29 is 9.53 Å². The minimum atomic E-state index is -0.330. The van der Waals surface area contributed by atoms with Crippen molar-refractivity contribution in [1.29, 1.82) is 0 Å². The van der Waals surface area contributed by atoms with Gasteiger partial charge < -0.3 is 9.30 Å². The van der Waals surface area contributed by atoms with E-state index in [1.807, 2.05) is 19.1 Å². The van der Waals surface area contributed by atoms with E-state index in [9.17, 15) is 4.79 Å². The SMILES string of the molecule is CCn1c(SCc2ccc(C(=O)OC)cc2)nnc1-c1snnc1C. The van der Waals surface area contributed by atoms with Gasteiger partial charge in [0.25, 0.3) is 0 Å². The highest BCUT2D eigenvalue weighted by molar-refractivity contribution is 7.98. The summed E-state index contributed by atoms with van der Waals surface area (Å²) >= 11 is 2.93. The van der Waals surface area contributed by atoms with E-state index < -0.39 is 0 Å². The van der Waals surface area contributed by atoms with Gasteiger partial charge in [-0.2, -0.15) is 0 Å². The van der Waals surface area contributed by atoms with Gasteiger partial charge in [0.2, 0.25) is 0 Å². The van der Waals surface area contributed by atoms with Gasteiger partial charge in [-0.05, 0) is 43.1 Å². The van der Waals surface area contributed by atoms with E-state index >= 15 is 0 Å².